The first kappa shape index (κ1) is 26.6. The molecule has 0 aliphatic heterocycles. The highest BCUT2D eigenvalue weighted by atomic mass is 79.9. The van der Waals surface area contributed by atoms with Gasteiger partial charge in [0.2, 0.25) is 10.0 Å². The molecule has 0 saturated heterocycles. The van der Waals surface area contributed by atoms with Crippen molar-refractivity contribution in [2.24, 2.45) is 5.10 Å². The number of phenols is 1. The van der Waals surface area contributed by atoms with Gasteiger partial charge in [-0.15, -0.1) is 0 Å². The Morgan fingerprint density at radius 1 is 1.06 bits per heavy atom. The van der Waals surface area contributed by atoms with E-state index in [0.29, 0.717) is 23.1 Å². The molecule has 7 nitrogen and oxygen atoms in total. The van der Waals surface area contributed by atoms with E-state index in [0.717, 1.165) is 15.6 Å². The van der Waals surface area contributed by atoms with Gasteiger partial charge in [-0.05, 0) is 62.1 Å². The molecule has 9 heteroatoms. The number of nitrogens with zero attached hydrogens (tertiary/aromatic N) is 2. The molecular weight excluding hydrogens is 530 g/mol. The van der Waals surface area contributed by atoms with Crippen LogP contribution in [0.2, 0.25) is 0 Å². The molecular formula is C26H28BrN3O4S. The van der Waals surface area contributed by atoms with Crippen LogP contribution in [-0.4, -0.2) is 43.0 Å². The van der Waals surface area contributed by atoms with Crippen molar-refractivity contribution in [1.82, 2.24) is 9.73 Å². The topological polar surface area (TPSA) is 99.1 Å². The Morgan fingerprint density at radius 2 is 1.71 bits per heavy atom. The Morgan fingerprint density at radius 3 is 2.37 bits per heavy atom. The summed E-state index contributed by atoms with van der Waals surface area (Å²) in [6.45, 7) is 5.17. The van der Waals surface area contributed by atoms with Crippen LogP contribution >= 0.6 is 15.9 Å². The minimum atomic E-state index is -3.96. The fourth-order valence-corrected chi connectivity index (χ4v) is 6.07. The summed E-state index contributed by atoms with van der Waals surface area (Å²) in [4.78, 5) is 12.9. The number of phenolic OH excluding ortho intramolecular Hbond substituents is 1. The number of carbonyl (C=O) groups excluding carboxylic acids is 1. The van der Waals surface area contributed by atoms with Gasteiger partial charge in [0, 0.05) is 16.6 Å². The van der Waals surface area contributed by atoms with Crippen LogP contribution in [0.5, 0.6) is 5.75 Å². The van der Waals surface area contributed by atoms with E-state index in [1.54, 1.807) is 26.0 Å². The maximum absolute atomic E-state index is 13.7. The fourth-order valence-electron chi connectivity index (χ4n) is 3.88. The summed E-state index contributed by atoms with van der Waals surface area (Å²) in [5.74, 6) is -0.585. The zero-order chi connectivity index (χ0) is 25.6. The number of halogens is 1. The van der Waals surface area contributed by atoms with Crippen molar-refractivity contribution in [3.63, 3.8) is 0 Å². The standard InChI is InChI=1S/C26H28BrN3O4S/c1-18-13-19(2)26(20(3)14-18)35(33,34)30(12-11-21-7-5-4-6-8-21)17-25(32)29-28-16-22-15-23(27)9-10-24(22)31/h4-10,13-16,31H,11-12,17H2,1-3H3,(H,29,32)/b28-16+. The third-order valence-electron chi connectivity index (χ3n) is 5.40. The highest BCUT2D eigenvalue weighted by Crippen LogP contribution is 2.25. The summed E-state index contributed by atoms with van der Waals surface area (Å²) < 4.78 is 29.3. The third kappa shape index (κ3) is 7.00. The van der Waals surface area contributed by atoms with Gasteiger partial charge < -0.3 is 5.11 Å². The van der Waals surface area contributed by atoms with E-state index in [1.807, 2.05) is 49.4 Å². The molecule has 35 heavy (non-hydrogen) atoms. The van der Waals surface area contributed by atoms with Crippen molar-refractivity contribution >= 4 is 38.1 Å². The van der Waals surface area contributed by atoms with Crippen molar-refractivity contribution in [1.29, 1.82) is 0 Å². The van der Waals surface area contributed by atoms with Gasteiger partial charge in [0.25, 0.3) is 5.91 Å². The van der Waals surface area contributed by atoms with E-state index < -0.39 is 22.5 Å². The maximum atomic E-state index is 13.7. The first-order valence-electron chi connectivity index (χ1n) is 11.0. The molecule has 0 aliphatic rings. The van der Waals surface area contributed by atoms with Gasteiger partial charge in [0.1, 0.15) is 5.75 Å². The quantitative estimate of drug-likeness (QED) is 0.299. The Labute approximate surface area is 214 Å². The second kappa shape index (κ2) is 11.6. The minimum Gasteiger partial charge on any atom is -0.507 e. The number of aromatic hydroxyl groups is 1. The fraction of sp³-hybridized carbons (Fsp3) is 0.231. The average Bonchev–Trinajstić information content (AvgIpc) is 2.78. The second-order valence-corrected chi connectivity index (χ2v) is 11.1. The monoisotopic (exact) mass is 557 g/mol. The second-order valence-electron chi connectivity index (χ2n) is 8.30. The highest BCUT2D eigenvalue weighted by Gasteiger charge is 2.29. The predicted molar refractivity (Wildman–Crippen MR) is 141 cm³/mol. The van der Waals surface area contributed by atoms with E-state index >= 15 is 0 Å². The smallest absolute Gasteiger partial charge is 0.255 e. The molecule has 184 valence electrons. The lowest BCUT2D eigenvalue weighted by atomic mass is 10.1. The van der Waals surface area contributed by atoms with Gasteiger partial charge in [-0.3, -0.25) is 4.79 Å². The minimum absolute atomic E-state index is 0.00332. The molecule has 2 N–H and O–H groups in total. The van der Waals surface area contributed by atoms with Crippen molar-refractivity contribution in [3.8, 4) is 5.75 Å². The zero-order valence-corrected chi connectivity index (χ0v) is 22.2. The van der Waals surface area contributed by atoms with Crippen LogP contribution in [0.25, 0.3) is 0 Å². The molecule has 0 spiro atoms. The van der Waals surface area contributed by atoms with E-state index in [2.05, 4.69) is 26.5 Å². The molecule has 0 unspecified atom stereocenters. The average molecular weight is 558 g/mol. The summed E-state index contributed by atoms with van der Waals surface area (Å²) in [6, 6.07) is 18.0. The van der Waals surface area contributed by atoms with Crippen molar-refractivity contribution < 1.29 is 18.3 Å². The molecule has 0 aromatic heterocycles. The van der Waals surface area contributed by atoms with E-state index in [-0.39, 0.29) is 17.2 Å². The van der Waals surface area contributed by atoms with Gasteiger partial charge in [-0.2, -0.15) is 9.41 Å². The lowest BCUT2D eigenvalue weighted by Crippen LogP contribution is -2.41. The van der Waals surface area contributed by atoms with Crippen LogP contribution in [0.3, 0.4) is 0 Å². The number of amides is 1. The molecule has 1 amide bonds. The Balaban J connectivity index is 1.83. The summed E-state index contributed by atoms with van der Waals surface area (Å²) in [6.07, 6.45) is 1.75. The number of sulfonamides is 1. The van der Waals surface area contributed by atoms with Crippen molar-refractivity contribution in [3.05, 3.63) is 93.0 Å². The molecule has 3 aromatic carbocycles. The number of nitrogens with one attached hydrogen (secondary N) is 1. The molecule has 0 saturated carbocycles. The summed E-state index contributed by atoms with van der Waals surface area (Å²) >= 11 is 3.31. The largest absolute Gasteiger partial charge is 0.507 e. The molecule has 0 atom stereocenters. The van der Waals surface area contributed by atoms with Crippen LogP contribution in [0.1, 0.15) is 27.8 Å². The number of benzene rings is 3. The molecule has 0 fully saturated rings. The van der Waals surface area contributed by atoms with Gasteiger partial charge >= 0.3 is 0 Å². The summed E-state index contributed by atoms with van der Waals surface area (Å²) in [7, 11) is -3.96. The number of hydrogen-bond donors (Lipinski definition) is 2. The molecule has 3 aromatic rings. The Bertz CT molecular complexity index is 1320. The molecule has 0 aliphatic carbocycles. The molecule has 0 heterocycles. The predicted octanol–water partition coefficient (Wildman–Crippen LogP) is 4.46. The number of hydrogen-bond acceptors (Lipinski definition) is 5. The highest BCUT2D eigenvalue weighted by molar-refractivity contribution is 9.10. The van der Waals surface area contributed by atoms with Gasteiger partial charge in [0.15, 0.2) is 0 Å². The van der Waals surface area contributed by atoms with Gasteiger partial charge in [-0.1, -0.05) is 64.0 Å². The molecule has 3 rings (SSSR count). The SMILES string of the molecule is Cc1cc(C)c(S(=O)(=O)N(CCc2ccccc2)CC(=O)N/N=C/c2cc(Br)ccc2O)c(C)c1. The lowest BCUT2D eigenvalue weighted by Gasteiger charge is -2.24. The molecule has 0 bridgehead atoms. The zero-order valence-electron chi connectivity index (χ0n) is 19.8. The van der Waals surface area contributed by atoms with Crippen molar-refractivity contribution in [2.75, 3.05) is 13.1 Å². The Hall–Kier alpha value is -3.01. The number of carbonyl (C=O) groups is 1. The van der Waals surface area contributed by atoms with E-state index in [9.17, 15) is 18.3 Å². The van der Waals surface area contributed by atoms with Crippen LogP contribution in [-0.2, 0) is 21.2 Å². The normalized spacial score (nSPS) is 11.8. The van der Waals surface area contributed by atoms with Crippen LogP contribution < -0.4 is 5.43 Å². The number of rotatable bonds is 9. The maximum Gasteiger partial charge on any atom is 0.255 e. The summed E-state index contributed by atoms with van der Waals surface area (Å²) in [5.41, 5.74) is 5.97. The van der Waals surface area contributed by atoms with Crippen LogP contribution in [0, 0.1) is 20.8 Å². The Kier molecular flexibility index (Phi) is 8.82. The first-order valence-corrected chi connectivity index (χ1v) is 13.2. The van der Waals surface area contributed by atoms with E-state index in [1.165, 1.54) is 16.6 Å². The lowest BCUT2D eigenvalue weighted by molar-refractivity contribution is -0.121. The third-order valence-corrected chi connectivity index (χ3v) is 8.04. The van der Waals surface area contributed by atoms with E-state index in [4.69, 9.17) is 0 Å². The van der Waals surface area contributed by atoms with Crippen molar-refractivity contribution in [2.45, 2.75) is 32.1 Å². The van der Waals surface area contributed by atoms with Gasteiger partial charge in [0.05, 0.1) is 17.7 Å². The number of aryl methyl sites for hydroxylation is 3. The molecule has 0 radical (unpaired) electrons. The van der Waals surface area contributed by atoms with Crippen LogP contribution in [0.15, 0.2) is 75.1 Å². The van der Waals surface area contributed by atoms with Crippen LogP contribution in [0.4, 0.5) is 0 Å². The number of hydrazone groups is 1. The first-order chi connectivity index (χ1) is 16.6. The summed E-state index contributed by atoms with van der Waals surface area (Å²) in [5, 5.41) is 13.8. The van der Waals surface area contributed by atoms with Gasteiger partial charge in [-0.25, -0.2) is 13.8 Å².